The second-order valence-corrected chi connectivity index (χ2v) is 8.29. The molecule has 0 radical (unpaired) electrons. The molecule has 4 nitrogen and oxygen atoms in total. The number of hydrogen-bond acceptors (Lipinski definition) is 4. The molecular weight excluding hydrogens is 272 g/mol. The molecule has 0 aliphatic heterocycles. The van der Waals surface area contributed by atoms with Gasteiger partial charge in [0, 0.05) is 18.3 Å². The predicted octanol–water partition coefficient (Wildman–Crippen LogP) is 3.94. The SMILES string of the molecule is CCC(CC)OC[Si](OC(C)C)(OC(C)C)OC(C)C. The molecule has 0 aromatic carbocycles. The van der Waals surface area contributed by atoms with Crippen molar-refractivity contribution in [2.24, 2.45) is 0 Å². The fourth-order valence-corrected chi connectivity index (χ4v) is 4.97. The lowest BCUT2D eigenvalue weighted by atomic mass is 10.2. The van der Waals surface area contributed by atoms with E-state index in [2.05, 4.69) is 13.8 Å². The van der Waals surface area contributed by atoms with Gasteiger partial charge in [-0.3, -0.25) is 0 Å². The molecule has 0 aromatic heterocycles. The molecule has 5 heteroatoms. The summed E-state index contributed by atoms with van der Waals surface area (Å²) in [5.41, 5.74) is 0. The van der Waals surface area contributed by atoms with E-state index in [0.717, 1.165) is 12.8 Å². The highest BCUT2D eigenvalue weighted by molar-refractivity contribution is 6.60. The van der Waals surface area contributed by atoms with E-state index in [0.29, 0.717) is 6.23 Å². The van der Waals surface area contributed by atoms with E-state index in [4.69, 9.17) is 18.0 Å². The summed E-state index contributed by atoms with van der Waals surface area (Å²) < 4.78 is 24.2. The first-order chi connectivity index (χ1) is 9.24. The quantitative estimate of drug-likeness (QED) is 0.542. The molecule has 0 unspecified atom stereocenters. The fraction of sp³-hybridized carbons (Fsp3) is 1.00. The van der Waals surface area contributed by atoms with Crippen molar-refractivity contribution in [3.05, 3.63) is 0 Å². The minimum absolute atomic E-state index is 0.0597. The topological polar surface area (TPSA) is 36.9 Å². The van der Waals surface area contributed by atoms with E-state index in [9.17, 15) is 0 Å². The lowest BCUT2D eigenvalue weighted by molar-refractivity contribution is -0.0365. The van der Waals surface area contributed by atoms with Crippen LogP contribution in [0.5, 0.6) is 0 Å². The molecule has 0 aromatic rings. The van der Waals surface area contributed by atoms with Crippen LogP contribution >= 0.6 is 0 Å². The van der Waals surface area contributed by atoms with Gasteiger partial charge in [-0.05, 0) is 54.4 Å². The highest BCUT2D eigenvalue weighted by Crippen LogP contribution is 2.19. The summed E-state index contributed by atoms with van der Waals surface area (Å²) in [6.07, 6.45) is 2.83. The predicted molar refractivity (Wildman–Crippen MR) is 84.7 cm³/mol. The molecule has 0 bridgehead atoms. The van der Waals surface area contributed by atoms with Crippen LogP contribution in [0.2, 0.25) is 0 Å². The summed E-state index contributed by atoms with van der Waals surface area (Å²) in [5.74, 6) is 0. The van der Waals surface area contributed by atoms with Gasteiger partial charge in [0.25, 0.3) is 0 Å². The molecule has 0 rings (SSSR count). The van der Waals surface area contributed by atoms with Crippen molar-refractivity contribution in [3.63, 3.8) is 0 Å². The molecule has 0 atom stereocenters. The van der Waals surface area contributed by atoms with Gasteiger partial charge in [-0.2, -0.15) is 0 Å². The van der Waals surface area contributed by atoms with Crippen molar-refractivity contribution in [1.29, 1.82) is 0 Å². The van der Waals surface area contributed by atoms with Crippen molar-refractivity contribution in [2.75, 3.05) is 6.23 Å². The van der Waals surface area contributed by atoms with Crippen LogP contribution in [-0.4, -0.2) is 39.5 Å². The Labute approximate surface area is 126 Å². The molecule has 0 saturated carbocycles. The van der Waals surface area contributed by atoms with Gasteiger partial charge < -0.3 is 18.0 Å². The third-order valence-corrected chi connectivity index (χ3v) is 5.66. The second-order valence-electron chi connectivity index (χ2n) is 5.93. The third kappa shape index (κ3) is 8.37. The molecule has 0 heterocycles. The summed E-state index contributed by atoms with van der Waals surface area (Å²) in [6.45, 7) is 16.3. The zero-order chi connectivity index (χ0) is 15.8. The molecule has 0 spiro atoms. The van der Waals surface area contributed by atoms with E-state index >= 15 is 0 Å². The van der Waals surface area contributed by atoms with Gasteiger partial charge in [-0.1, -0.05) is 13.8 Å². The maximum absolute atomic E-state index is 6.07. The standard InChI is InChI=1S/C15H34O4Si/c1-9-15(10-2)16-11-20(17-12(3)4,18-13(5)6)19-14(7)8/h12-15H,9-11H2,1-8H3. The minimum Gasteiger partial charge on any atom is -0.374 e. The van der Waals surface area contributed by atoms with Gasteiger partial charge in [0.1, 0.15) is 6.23 Å². The Morgan fingerprint density at radius 1 is 0.700 bits per heavy atom. The molecule has 20 heavy (non-hydrogen) atoms. The number of rotatable bonds is 11. The van der Waals surface area contributed by atoms with E-state index < -0.39 is 8.80 Å². The highest BCUT2D eigenvalue weighted by atomic mass is 28.4. The van der Waals surface area contributed by atoms with Crippen molar-refractivity contribution >= 4 is 8.80 Å². The van der Waals surface area contributed by atoms with Crippen LogP contribution in [0.1, 0.15) is 68.2 Å². The first-order valence-corrected chi connectivity index (χ1v) is 9.82. The van der Waals surface area contributed by atoms with E-state index in [1.165, 1.54) is 0 Å². The van der Waals surface area contributed by atoms with Gasteiger partial charge in [-0.15, -0.1) is 0 Å². The minimum atomic E-state index is -2.80. The normalized spacial score (nSPS) is 13.2. The molecule has 122 valence electrons. The molecule has 0 aliphatic rings. The molecule has 0 N–H and O–H groups in total. The van der Waals surface area contributed by atoms with Gasteiger partial charge in [0.05, 0.1) is 6.10 Å². The Bertz CT molecular complexity index is 213. The summed E-state index contributed by atoms with van der Waals surface area (Å²) >= 11 is 0. The van der Waals surface area contributed by atoms with Crippen LogP contribution in [0.4, 0.5) is 0 Å². The first-order valence-electron chi connectivity index (χ1n) is 7.89. The summed E-state index contributed by atoms with van der Waals surface area (Å²) in [4.78, 5) is 0. The second kappa shape index (κ2) is 9.90. The van der Waals surface area contributed by atoms with Crippen LogP contribution < -0.4 is 0 Å². The molecule has 0 amide bonds. The van der Waals surface area contributed by atoms with Crippen molar-refractivity contribution in [2.45, 2.75) is 92.6 Å². The van der Waals surface area contributed by atoms with Crippen LogP contribution in [-0.2, 0) is 18.0 Å². The Hall–Kier alpha value is 0.0569. The Morgan fingerprint density at radius 2 is 1.05 bits per heavy atom. The van der Waals surface area contributed by atoms with Crippen molar-refractivity contribution in [1.82, 2.24) is 0 Å². The maximum atomic E-state index is 6.07. The van der Waals surface area contributed by atoms with E-state index in [1.54, 1.807) is 0 Å². The largest absolute Gasteiger partial charge is 0.528 e. The average Bonchev–Trinajstić information content (AvgIpc) is 2.27. The average molecular weight is 307 g/mol. The van der Waals surface area contributed by atoms with Crippen LogP contribution in [0.15, 0.2) is 0 Å². The van der Waals surface area contributed by atoms with Gasteiger partial charge in [0.2, 0.25) is 0 Å². The highest BCUT2D eigenvalue weighted by Gasteiger charge is 2.45. The van der Waals surface area contributed by atoms with Crippen molar-refractivity contribution < 1.29 is 18.0 Å². The van der Waals surface area contributed by atoms with E-state index in [1.807, 2.05) is 41.5 Å². The van der Waals surface area contributed by atoms with Gasteiger partial charge in [0.15, 0.2) is 0 Å². The molecule has 0 saturated heterocycles. The summed E-state index contributed by atoms with van der Waals surface area (Å²) in [6, 6.07) is 0. The fourth-order valence-electron chi connectivity index (χ4n) is 2.01. The van der Waals surface area contributed by atoms with E-state index in [-0.39, 0.29) is 24.4 Å². The first kappa shape index (κ1) is 20.1. The van der Waals surface area contributed by atoms with Crippen molar-refractivity contribution in [3.8, 4) is 0 Å². The summed E-state index contributed by atoms with van der Waals surface area (Å²) in [7, 11) is -2.80. The Morgan fingerprint density at radius 3 is 1.30 bits per heavy atom. The van der Waals surface area contributed by atoms with Crippen LogP contribution in [0, 0.1) is 0 Å². The monoisotopic (exact) mass is 306 g/mol. The number of hydrogen-bond donors (Lipinski definition) is 0. The Balaban J connectivity index is 4.94. The molecular formula is C15H34O4Si. The van der Waals surface area contributed by atoms with Gasteiger partial charge >= 0.3 is 8.80 Å². The summed E-state index contributed by atoms with van der Waals surface area (Å²) in [5, 5.41) is 0. The van der Waals surface area contributed by atoms with Crippen LogP contribution in [0.3, 0.4) is 0 Å². The Kier molecular flexibility index (Phi) is 9.92. The smallest absolute Gasteiger partial charge is 0.374 e. The maximum Gasteiger partial charge on any atom is 0.528 e. The zero-order valence-corrected chi connectivity index (χ0v) is 15.6. The number of ether oxygens (including phenoxy) is 1. The third-order valence-electron chi connectivity index (χ3n) is 2.65. The lowest BCUT2D eigenvalue weighted by Crippen LogP contribution is -2.55. The molecule has 0 fully saturated rings. The van der Waals surface area contributed by atoms with Crippen LogP contribution in [0.25, 0.3) is 0 Å². The lowest BCUT2D eigenvalue weighted by Gasteiger charge is -2.35. The molecule has 0 aliphatic carbocycles. The van der Waals surface area contributed by atoms with Gasteiger partial charge in [-0.25, -0.2) is 0 Å². The zero-order valence-electron chi connectivity index (χ0n) is 14.6.